The van der Waals surface area contributed by atoms with E-state index in [0.29, 0.717) is 6.07 Å². The molecule has 0 fully saturated rings. The highest BCUT2D eigenvalue weighted by Crippen LogP contribution is 2.22. The van der Waals surface area contributed by atoms with Crippen molar-refractivity contribution in [2.75, 3.05) is 0 Å². The fourth-order valence-corrected chi connectivity index (χ4v) is 3.61. The largest absolute Gasteiger partial charge is 0.507 e. The summed E-state index contributed by atoms with van der Waals surface area (Å²) in [4.78, 5) is 37.1. The van der Waals surface area contributed by atoms with Gasteiger partial charge in [-0.1, -0.05) is 12.1 Å². The van der Waals surface area contributed by atoms with Gasteiger partial charge in [-0.25, -0.2) is 18.0 Å². The summed E-state index contributed by atoms with van der Waals surface area (Å²) in [7, 11) is -4.65. The molecule has 0 atom stereocenters. The zero-order chi connectivity index (χ0) is 18.4. The van der Waals surface area contributed by atoms with Crippen molar-refractivity contribution in [3.05, 3.63) is 68.9 Å². The normalized spacial score (nSPS) is 11.5. The van der Waals surface area contributed by atoms with Gasteiger partial charge in [0.05, 0.1) is 15.8 Å². The number of para-hydroxylation sites is 1. The molecule has 2 aromatic carbocycles. The maximum Gasteiger partial charge on any atom is 0.343 e. The fourth-order valence-electron chi connectivity index (χ4n) is 2.32. The first-order chi connectivity index (χ1) is 11.7. The van der Waals surface area contributed by atoms with Crippen LogP contribution in [0, 0.1) is 0 Å². The Kier molecular flexibility index (Phi) is 3.68. The summed E-state index contributed by atoms with van der Waals surface area (Å²) in [5.74, 6) is -2.26. The van der Waals surface area contributed by atoms with Gasteiger partial charge in [-0.3, -0.25) is 4.79 Å². The molecule has 0 amide bonds. The Morgan fingerprint density at radius 2 is 1.76 bits per heavy atom. The fraction of sp³-hybridized carbons (Fsp3) is 0. The van der Waals surface area contributed by atoms with Crippen LogP contribution in [0.4, 0.5) is 0 Å². The SMILES string of the molecule is O=C(O)c1ccc(S(=O)(=O)n2c(=O)[nH]c3ccccc3c2=O)cc1O. The predicted octanol–water partition coefficient (Wildman–Crippen LogP) is 0.331. The number of hydrogen-bond acceptors (Lipinski definition) is 6. The first-order valence-corrected chi connectivity index (χ1v) is 8.23. The van der Waals surface area contributed by atoms with Crippen molar-refractivity contribution in [2.24, 2.45) is 0 Å². The average Bonchev–Trinajstić information content (AvgIpc) is 2.54. The number of H-pyrrole nitrogens is 1. The zero-order valence-corrected chi connectivity index (χ0v) is 13.1. The number of hydrogen-bond donors (Lipinski definition) is 3. The monoisotopic (exact) mass is 362 g/mol. The Hall–Kier alpha value is -3.40. The van der Waals surface area contributed by atoms with E-state index >= 15 is 0 Å². The molecule has 0 saturated heterocycles. The lowest BCUT2D eigenvalue weighted by Crippen LogP contribution is -2.39. The third-order valence-corrected chi connectivity index (χ3v) is 5.17. The van der Waals surface area contributed by atoms with Crippen LogP contribution in [-0.4, -0.2) is 33.6 Å². The number of aromatic amines is 1. The molecule has 3 aromatic rings. The van der Waals surface area contributed by atoms with Crippen LogP contribution in [0.5, 0.6) is 5.75 Å². The number of aromatic carboxylic acids is 1. The molecule has 128 valence electrons. The molecule has 3 N–H and O–H groups in total. The molecule has 25 heavy (non-hydrogen) atoms. The first-order valence-electron chi connectivity index (χ1n) is 6.79. The molecular weight excluding hydrogens is 352 g/mol. The van der Waals surface area contributed by atoms with Crippen molar-refractivity contribution in [3.8, 4) is 5.75 Å². The molecule has 0 radical (unpaired) electrons. The second kappa shape index (κ2) is 5.60. The van der Waals surface area contributed by atoms with Crippen molar-refractivity contribution >= 4 is 26.9 Å². The van der Waals surface area contributed by atoms with Crippen LogP contribution in [0.2, 0.25) is 0 Å². The van der Waals surface area contributed by atoms with E-state index in [0.717, 1.165) is 12.1 Å². The molecule has 0 saturated carbocycles. The van der Waals surface area contributed by atoms with Crippen LogP contribution < -0.4 is 11.2 Å². The smallest absolute Gasteiger partial charge is 0.343 e. The number of carboxylic acid groups (broad SMARTS) is 1. The molecular formula is C15H10N2O7S. The zero-order valence-electron chi connectivity index (χ0n) is 12.3. The van der Waals surface area contributed by atoms with Crippen LogP contribution in [-0.2, 0) is 10.0 Å². The molecule has 0 bridgehead atoms. The summed E-state index contributed by atoms with van der Waals surface area (Å²) >= 11 is 0. The van der Waals surface area contributed by atoms with E-state index in [1.165, 1.54) is 18.2 Å². The first kappa shape index (κ1) is 16.5. The van der Waals surface area contributed by atoms with Crippen LogP contribution >= 0.6 is 0 Å². The van der Waals surface area contributed by atoms with E-state index in [1.54, 1.807) is 6.07 Å². The van der Waals surface area contributed by atoms with Gasteiger partial charge in [0.25, 0.3) is 15.6 Å². The van der Waals surface area contributed by atoms with Gasteiger partial charge in [0.1, 0.15) is 11.3 Å². The third kappa shape index (κ3) is 2.58. The van der Waals surface area contributed by atoms with E-state index in [1.807, 2.05) is 0 Å². The number of nitrogens with one attached hydrogen (secondary N) is 1. The van der Waals surface area contributed by atoms with Crippen molar-refractivity contribution in [1.29, 1.82) is 0 Å². The summed E-state index contributed by atoms with van der Waals surface area (Å²) in [6, 6.07) is 8.29. The topological polar surface area (TPSA) is 147 Å². The van der Waals surface area contributed by atoms with Gasteiger partial charge in [-0.05, 0) is 24.3 Å². The number of benzene rings is 2. The minimum Gasteiger partial charge on any atom is -0.507 e. The number of aromatic hydroxyl groups is 1. The maximum absolute atomic E-state index is 12.6. The highest BCUT2D eigenvalue weighted by molar-refractivity contribution is 7.90. The van der Waals surface area contributed by atoms with Crippen LogP contribution in [0.3, 0.4) is 0 Å². The Bertz CT molecular complexity index is 1240. The van der Waals surface area contributed by atoms with E-state index in [4.69, 9.17) is 5.11 Å². The number of aromatic nitrogens is 2. The number of fused-ring (bicyclic) bond motifs is 1. The Morgan fingerprint density at radius 3 is 2.40 bits per heavy atom. The molecule has 1 aromatic heterocycles. The van der Waals surface area contributed by atoms with Crippen LogP contribution in [0.25, 0.3) is 10.9 Å². The average molecular weight is 362 g/mol. The van der Waals surface area contributed by atoms with Crippen molar-refractivity contribution < 1.29 is 23.4 Å². The maximum atomic E-state index is 12.6. The van der Waals surface area contributed by atoms with E-state index in [-0.39, 0.29) is 14.9 Å². The molecule has 9 nitrogen and oxygen atoms in total. The summed E-state index contributed by atoms with van der Waals surface area (Å²) in [5, 5.41) is 18.5. The molecule has 0 unspecified atom stereocenters. The minimum atomic E-state index is -4.65. The molecule has 0 spiro atoms. The van der Waals surface area contributed by atoms with Gasteiger partial charge in [0.2, 0.25) is 0 Å². The van der Waals surface area contributed by atoms with Crippen molar-refractivity contribution in [1.82, 2.24) is 8.96 Å². The number of rotatable bonds is 3. The van der Waals surface area contributed by atoms with Crippen molar-refractivity contribution in [3.63, 3.8) is 0 Å². The number of phenols is 1. The molecule has 0 aliphatic rings. The van der Waals surface area contributed by atoms with E-state index in [9.17, 15) is 27.9 Å². The summed E-state index contributed by atoms with van der Waals surface area (Å²) < 4.78 is 25.3. The molecule has 3 rings (SSSR count). The lowest BCUT2D eigenvalue weighted by molar-refractivity contribution is 0.0693. The lowest BCUT2D eigenvalue weighted by atomic mass is 10.2. The second-order valence-electron chi connectivity index (χ2n) is 5.03. The second-order valence-corrected chi connectivity index (χ2v) is 6.82. The molecule has 0 aliphatic carbocycles. The third-order valence-electron chi connectivity index (χ3n) is 3.51. The standard InChI is InChI=1S/C15H10N2O7S/c18-12-7-8(5-6-10(12)14(20)21)25(23,24)17-13(19)9-3-1-2-4-11(9)16-15(17)22/h1-7,18H,(H,16,22)(H,20,21). The summed E-state index contributed by atoms with van der Waals surface area (Å²) in [5.41, 5.74) is -2.57. The number of nitrogens with zero attached hydrogens (tertiary/aromatic N) is 1. The van der Waals surface area contributed by atoms with Crippen LogP contribution in [0.1, 0.15) is 10.4 Å². The molecule has 10 heteroatoms. The van der Waals surface area contributed by atoms with Gasteiger partial charge >= 0.3 is 11.7 Å². The predicted molar refractivity (Wildman–Crippen MR) is 86.5 cm³/mol. The summed E-state index contributed by atoms with van der Waals surface area (Å²) in [6.45, 7) is 0. The molecule has 1 heterocycles. The van der Waals surface area contributed by atoms with E-state index in [2.05, 4.69) is 4.98 Å². The molecule has 0 aliphatic heterocycles. The highest BCUT2D eigenvalue weighted by atomic mass is 32.2. The van der Waals surface area contributed by atoms with Gasteiger partial charge in [-0.15, -0.1) is 3.97 Å². The van der Waals surface area contributed by atoms with Gasteiger partial charge in [0.15, 0.2) is 0 Å². The minimum absolute atomic E-state index is 0.0166. The lowest BCUT2D eigenvalue weighted by Gasteiger charge is -2.09. The highest BCUT2D eigenvalue weighted by Gasteiger charge is 2.24. The summed E-state index contributed by atoms with van der Waals surface area (Å²) in [6.07, 6.45) is 0. The Morgan fingerprint density at radius 1 is 1.08 bits per heavy atom. The van der Waals surface area contributed by atoms with Gasteiger partial charge in [0, 0.05) is 6.07 Å². The number of carboxylic acids is 1. The quantitative estimate of drug-likeness (QED) is 0.608. The van der Waals surface area contributed by atoms with E-state index < -0.39 is 43.5 Å². The van der Waals surface area contributed by atoms with Crippen LogP contribution in [0.15, 0.2) is 56.9 Å². The van der Waals surface area contributed by atoms with Crippen molar-refractivity contribution in [2.45, 2.75) is 4.90 Å². The van der Waals surface area contributed by atoms with Gasteiger partial charge < -0.3 is 15.2 Å². The Balaban J connectivity index is 2.31. The Labute approximate surface area is 139 Å². The van der Waals surface area contributed by atoms with Gasteiger partial charge in [-0.2, -0.15) is 0 Å². The number of carbonyl (C=O) groups is 1.